The van der Waals surface area contributed by atoms with Crippen molar-refractivity contribution in [3.05, 3.63) is 71.5 Å². The number of amides is 2. The molecule has 0 spiro atoms. The fraction of sp³-hybridized carbons (Fsp3) is 0.333. The minimum absolute atomic E-state index is 0.165. The molecular weight excluding hydrogens is 378 g/mol. The molecule has 4 rings (SSSR count). The number of carbonyl (C=O) groups excluding carboxylic acids is 2. The third kappa shape index (κ3) is 4.64. The number of benzene rings is 2. The first-order valence-electron chi connectivity index (χ1n) is 10.5. The van der Waals surface area contributed by atoms with Crippen molar-refractivity contribution in [2.24, 2.45) is 0 Å². The maximum absolute atomic E-state index is 12.6. The van der Waals surface area contributed by atoms with Crippen LogP contribution in [0.1, 0.15) is 31.2 Å². The molecule has 0 aromatic heterocycles. The van der Waals surface area contributed by atoms with E-state index in [1.54, 1.807) is 0 Å². The normalized spacial score (nSPS) is 19.4. The van der Waals surface area contributed by atoms with E-state index in [1.807, 2.05) is 54.6 Å². The Morgan fingerprint density at radius 3 is 2.40 bits per heavy atom. The molecule has 0 saturated carbocycles. The summed E-state index contributed by atoms with van der Waals surface area (Å²) in [5, 5.41) is 16.0. The highest BCUT2D eigenvalue weighted by Crippen LogP contribution is 2.23. The second-order valence-corrected chi connectivity index (χ2v) is 7.93. The molecule has 156 valence electrons. The van der Waals surface area contributed by atoms with E-state index >= 15 is 0 Å². The number of aliphatic hydroxyl groups is 1. The molecule has 6 heteroatoms. The maximum Gasteiger partial charge on any atom is 0.264 e. The first-order chi connectivity index (χ1) is 14.6. The van der Waals surface area contributed by atoms with Gasteiger partial charge in [0, 0.05) is 36.9 Å². The molecule has 30 heavy (non-hydrogen) atoms. The van der Waals surface area contributed by atoms with Crippen molar-refractivity contribution >= 4 is 23.2 Å². The predicted molar refractivity (Wildman–Crippen MR) is 117 cm³/mol. The van der Waals surface area contributed by atoms with Gasteiger partial charge in [-0.2, -0.15) is 0 Å². The van der Waals surface area contributed by atoms with E-state index in [4.69, 9.17) is 0 Å². The summed E-state index contributed by atoms with van der Waals surface area (Å²) in [6, 6.07) is 17.1. The van der Waals surface area contributed by atoms with Gasteiger partial charge in [-0.3, -0.25) is 9.59 Å². The molecule has 0 aliphatic carbocycles. The van der Waals surface area contributed by atoms with Crippen LogP contribution in [0.15, 0.2) is 65.9 Å². The number of nitrogens with one attached hydrogen (secondary N) is 2. The zero-order chi connectivity index (χ0) is 20.9. The van der Waals surface area contributed by atoms with Crippen molar-refractivity contribution in [2.45, 2.75) is 38.1 Å². The predicted octanol–water partition coefficient (Wildman–Crippen LogP) is 3.56. The van der Waals surface area contributed by atoms with Gasteiger partial charge in [0.05, 0.1) is 0 Å². The molecule has 2 aliphatic rings. The van der Waals surface area contributed by atoms with E-state index in [-0.39, 0.29) is 23.8 Å². The van der Waals surface area contributed by atoms with Crippen molar-refractivity contribution in [2.75, 3.05) is 23.3 Å². The lowest BCUT2D eigenvalue weighted by molar-refractivity contribution is -0.122. The molecule has 2 heterocycles. The van der Waals surface area contributed by atoms with Crippen LogP contribution in [0, 0.1) is 0 Å². The summed E-state index contributed by atoms with van der Waals surface area (Å²) in [7, 11) is 0. The highest BCUT2D eigenvalue weighted by atomic mass is 16.3. The number of nitrogens with zero attached hydrogens (tertiary/aromatic N) is 1. The number of anilines is 2. The summed E-state index contributed by atoms with van der Waals surface area (Å²) in [5.74, 6) is -1.29. The van der Waals surface area contributed by atoms with E-state index in [2.05, 4.69) is 15.5 Å². The molecule has 1 saturated heterocycles. The van der Waals surface area contributed by atoms with Crippen LogP contribution >= 0.6 is 0 Å². The fourth-order valence-electron chi connectivity index (χ4n) is 4.13. The van der Waals surface area contributed by atoms with Crippen LogP contribution in [0.25, 0.3) is 0 Å². The molecule has 0 bridgehead atoms. The molecule has 2 aromatic carbocycles. The van der Waals surface area contributed by atoms with Gasteiger partial charge in [0.15, 0.2) is 0 Å². The van der Waals surface area contributed by atoms with E-state index in [0.29, 0.717) is 12.1 Å². The summed E-state index contributed by atoms with van der Waals surface area (Å²) in [4.78, 5) is 27.5. The van der Waals surface area contributed by atoms with Crippen LogP contribution in [0.4, 0.5) is 11.4 Å². The molecule has 2 amide bonds. The number of carbonyl (C=O) groups is 2. The minimum Gasteiger partial charge on any atom is -0.511 e. The Hall–Kier alpha value is -3.28. The van der Waals surface area contributed by atoms with E-state index in [0.717, 1.165) is 24.3 Å². The van der Waals surface area contributed by atoms with Crippen LogP contribution in [-0.2, 0) is 16.0 Å². The zero-order valence-electron chi connectivity index (χ0n) is 16.9. The highest BCUT2D eigenvalue weighted by molar-refractivity contribution is 6.23. The minimum atomic E-state index is -0.589. The summed E-state index contributed by atoms with van der Waals surface area (Å²) < 4.78 is 0. The van der Waals surface area contributed by atoms with Crippen molar-refractivity contribution in [3.63, 3.8) is 0 Å². The van der Waals surface area contributed by atoms with Crippen LogP contribution in [0.2, 0.25) is 0 Å². The molecule has 0 radical (unpaired) electrons. The summed E-state index contributed by atoms with van der Waals surface area (Å²) >= 11 is 0. The van der Waals surface area contributed by atoms with Gasteiger partial charge < -0.3 is 20.6 Å². The molecule has 1 atom stereocenters. The smallest absolute Gasteiger partial charge is 0.264 e. The number of aliphatic hydroxyl groups excluding tert-OH is 1. The lowest BCUT2D eigenvalue weighted by Crippen LogP contribution is -2.44. The van der Waals surface area contributed by atoms with Gasteiger partial charge in [0.1, 0.15) is 11.3 Å². The Bertz CT molecular complexity index is 932. The quantitative estimate of drug-likeness (QED) is 0.665. The molecule has 1 fully saturated rings. The molecule has 6 nitrogen and oxygen atoms in total. The largest absolute Gasteiger partial charge is 0.511 e. The molecule has 2 aromatic rings. The van der Waals surface area contributed by atoms with Crippen molar-refractivity contribution in [1.29, 1.82) is 0 Å². The van der Waals surface area contributed by atoms with Crippen LogP contribution in [0.5, 0.6) is 0 Å². The Morgan fingerprint density at radius 2 is 1.73 bits per heavy atom. The third-order valence-corrected chi connectivity index (χ3v) is 5.69. The van der Waals surface area contributed by atoms with Gasteiger partial charge in [0.25, 0.3) is 11.8 Å². The van der Waals surface area contributed by atoms with Crippen LogP contribution in [0.3, 0.4) is 0 Å². The Balaban J connectivity index is 1.40. The number of rotatable bonds is 5. The Labute approximate surface area is 176 Å². The van der Waals surface area contributed by atoms with E-state index in [9.17, 15) is 14.7 Å². The molecule has 1 unspecified atom stereocenters. The first-order valence-corrected chi connectivity index (χ1v) is 10.5. The summed E-state index contributed by atoms with van der Waals surface area (Å²) in [5.41, 5.74) is 2.59. The van der Waals surface area contributed by atoms with Gasteiger partial charge in [-0.15, -0.1) is 0 Å². The second-order valence-electron chi connectivity index (χ2n) is 7.93. The van der Waals surface area contributed by atoms with Gasteiger partial charge in [-0.05, 0) is 55.5 Å². The SMILES string of the molecule is O=C(Nc1ccc(N2CCCCC2)cc1)C1=C(O)CC(Cc2ccccc2)NC1=O. The third-order valence-electron chi connectivity index (χ3n) is 5.69. The van der Waals surface area contributed by atoms with Crippen molar-refractivity contribution in [3.8, 4) is 0 Å². The van der Waals surface area contributed by atoms with E-state index in [1.165, 1.54) is 19.3 Å². The van der Waals surface area contributed by atoms with Gasteiger partial charge in [-0.1, -0.05) is 30.3 Å². The standard InChI is InChI=1S/C24H27N3O3/c28-21-16-19(15-17-7-3-1-4-8-17)26-24(30)22(21)23(29)25-18-9-11-20(12-10-18)27-13-5-2-6-14-27/h1,3-4,7-12,19,28H,2,5-6,13-16H2,(H,25,29)(H,26,30). The second kappa shape index (κ2) is 9.03. The molecule has 3 N–H and O–H groups in total. The number of hydrogen-bond donors (Lipinski definition) is 3. The Kier molecular flexibility index (Phi) is 6.02. The van der Waals surface area contributed by atoms with Gasteiger partial charge >= 0.3 is 0 Å². The number of hydrogen-bond acceptors (Lipinski definition) is 4. The van der Waals surface area contributed by atoms with Crippen molar-refractivity contribution < 1.29 is 14.7 Å². The first kappa shape index (κ1) is 20.0. The highest BCUT2D eigenvalue weighted by Gasteiger charge is 2.31. The Morgan fingerprint density at radius 1 is 1.03 bits per heavy atom. The summed E-state index contributed by atoms with van der Waals surface area (Å²) in [6.45, 7) is 2.10. The van der Waals surface area contributed by atoms with Crippen molar-refractivity contribution in [1.82, 2.24) is 5.32 Å². The average Bonchev–Trinajstić information content (AvgIpc) is 2.75. The lowest BCUT2D eigenvalue weighted by Gasteiger charge is -2.29. The lowest BCUT2D eigenvalue weighted by atomic mass is 9.96. The van der Waals surface area contributed by atoms with Gasteiger partial charge in [0.2, 0.25) is 0 Å². The average molecular weight is 405 g/mol. The zero-order valence-corrected chi connectivity index (χ0v) is 16.9. The van der Waals surface area contributed by atoms with E-state index < -0.39 is 11.8 Å². The van der Waals surface area contributed by atoms with Crippen LogP contribution < -0.4 is 15.5 Å². The molecule has 2 aliphatic heterocycles. The maximum atomic E-state index is 12.6. The fourth-order valence-corrected chi connectivity index (χ4v) is 4.13. The number of piperidine rings is 1. The molecular formula is C24H27N3O3. The van der Waals surface area contributed by atoms with Gasteiger partial charge in [-0.25, -0.2) is 0 Å². The monoisotopic (exact) mass is 405 g/mol. The van der Waals surface area contributed by atoms with Crippen LogP contribution in [-0.4, -0.2) is 36.1 Å². The summed E-state index contributed by atoms with van der Waals surface area (Å²) in [6.07, 6.45) is 4.51. The topological polar surface area (TPSA) is 81.7 Å².